The number of carbonyl (C=O) groups is 1. The van der Waals surface area contributed by atoms with Crippen LogP contribution in [-0.2, 0) is 16.1 Å². The lowest BCUT2D eigenvalue weighted by atomic mass is 10.0. The topological polar surface area (TPSA) is 121 Å². The fourth-order valence-electron chi connectivity index (χ4n) is 4.51. The van der Waals surface area contributed by atoms with Crippen molar-refractivity contribution < 1.29 is 19.0 Å². The third kappa shape index (κ3) is 6.55. The maximum atomic E-state index is 12.6. The Morgan fingerprint density at radius 1 is 1.05 bits per heavy atom. The number of nitrogen functional groups attached to an aromatic ring is 1. The predicted octanol–water partition coefficient (Wildman–Crippen LogP) is 4.32. The molecule has 6 bridgehead atoms. The van der Waals surface area contributed by atoms with Crippen LogP contribution < -0.4 is 21.1 Å². The molecule has 0 radical (unpaired) electrons. The highest BCUT2D eigenvalue weighted by atomic mass is 16.5. The first kappa shape index (κ1) is 25.0. The molecule has 3 aromatic rings. The van der Waals surface area contributed by atoms with Gasteiger partial charge in [-0.15, -0.1) is 0 Å². The van der Waals surface area contributed by atoms with Crippen molar-refractivity contribution >= 4 is 23.2 Å². The van der Waals surface area contributed by atoms with E-state index < -0.39 is 0 Å². The second kappa shape index (κ2) is 12.0. The number of hydrogen-bond donors (Lipinski definition) is 3. The van der Waals surface area contributed by atoms with Crippen LogP contribution in [0.5, 0.6) is 5.75 Å². The Bertz CT molecular complexity index is 1230. The molecule has 1 saturated heterocycles. The Morgan fingerprint density at radius 2 is 1.97 bits per heavy atom. The fraction of sp³-hybridized carbons (Fsp3) is 0.393. The van der Waals surface area contributed by atoms with Crippen LogP contribution in [0.15, 0.2) is 48.7 Å². The molecule has 9 heteroatoms. The minimum Gasteiger partial charge on any atom is -0.493 e. The van der Waals surface area contributed by atoms with Crippen molar-refractivity contribution in [2.45, 2.75) is 32.3 Å². The summed E-state index contributed by atoms with van der Waals surface area (Å²) >= 11 is 0. The Hall–Kier alpha value is -3.69. The second-order valence-corrected chi connectivity index (χ2v) is 9.42. The smallest absolute Gasteiger partial charge is 0.251 e. The van der Waals surface area contributed by atoms with E-state index in [0.29, 0.717) is 55.2 Å². The molecule has 4 heterocycles. The van der Waals surface area contributed by atoms with Crippen molar-refractivity contribution in [2.24, 2.45) is 5.92 Å². The number of nitrogens with one attached hydrogen (secondary N) is 2. The average Bonchev–Trinajstić information content (AvgIpc) is 2.92. The lowest BCUT2D eigenvalue weighted by molar-refractivity contribution is 0.0344. The van der Waals surface area contributed by atoms with Gasteiger partial charge in [0.15, 0.2) is 0 Å². The van der Waals surface area contributed by atoms with Gasteiger partial charge in [0.1, 0.15) is 5.75 Å². The minimum atomic E-state index is -0.150. The number of ether oxygens (including phenoxy) is 3. The van der Waals surface area contributed by atoms with Crippen LogP contribution in [0.4, 0.5) is 17.3 Å². The molecule has 3 aliphatic heterocycles. The maximum absolute atomic E-state index is 12.6. The van der Waals surface area contributed by atoms with Gasteiger partial charge in [0, 0.05) is 59.9 Å². The van der Waals surface area contributed by atoms with Crippen molar-refractivity contribution in [2.75, 3.05) is 44.0 Å². The van der Waals surface area contributed by atoms with Crippen molar-refractivity contribution in [1.29, 1.82) is 0 Å². The Morgan fingerprint density at radius 3 is 2.84 bits per heavy atom. The molecule has 1 amide bonds. The Labute approximate surface area is 216 Å². The monoisotopic (exact) mass is 503 g/mol. The highest BCUT2D eigenvalue weighted by Crippen LogP contribution is 2.29. The number of benzene rings is 2. The summed E-state index contributed by atoms with van der Waals surface area (Å²) in [6, 6.07) is 13.0. The zero-order chi connectivity index (χ0) is 25.5. The maximum Gasteiger partial charge on any atom is 0.251 e. The van der Waals surface area contributed by atoms with Crippen molar-refractivity contribution in [3.63, 3.8) is 0 Å². The van der Waals surface area contributed by atoms with E-state index >= 15 is 0 Å². The number of nitrogens with two attached hydrogens (primary N) is 1. The molecule has 1 aromatic heterocycles. The van der Waals surface area contributed by atoms with Crippen LogP contribution in [0.2, 0.25) is 0 Å². The van der Waals surface area contributed by atoms with Crippen LogP contribution >= 0.6 is 0 Å². The summed E-state index contributed by atoms with van der Waals surface area (Å²) in [7, 11) is 0. The molecule has 0 spiro atoms. The molecule has 0 saturated carbocycles. The predicted molar refractivity (Wildman–Crippen MR) is 142 cm³/mol. The van der Waals surface area contributed by atoms with Crippen LogP contribution in [0.1, 0.15) is 41.6 Å². The van der Waals surface area contributed by atoms with Gasteiger partial charge in [-0.05, 0) is 68.1 Å². The Balaban J connectivity index is 1.40. The first-order valence-electron chi connectivity index (χ1n) is 12.8. The summed E-state index contributed by atoms with van der Waals surface area (Å²) in [6.45, 7) is 3.75. The Kier molecular flexibility index (Phi) is 8.12. The average molecular weight is 504 g/mol. The standard InChI is InChI=1S/C28H33N5O4/c29-24-15-20-5-7-23(24)25-9-11-31-28(33-25)32-22-6-8-26(37-17-19-4-3-13-35-16-19)21(14-22)18-36-12-2-1-10-30-27(20)34/h5-9,11,14-15,19H,1-4,10,12-13,16-18,29H2,(H,30,34)(H,31,32,33). The van der Waals surface area contributed by atoms with E-state index in [-0.39, 0.29) is 5.91 Å². The van der Waals surface area contributed by atoms with Gasteiger partial charge in [-0.3, -0.25) is 4.79 Å². The van der Waals surface area contributed by atoms with Gasteiger partial charge in [-0.1, -0.05) is 0 Å². The molecule has 1 unspecified atom stereocenters. The van der Waals surface area contributed by atoms with Crippen LogP contribution in [0.25, 0.3) is 11.3 Å². The van der Waals surface area contributed by atoms with Crippen LogP contribution in [-0.4, -0.2) is 48.8 Å². The van der Waals surface area contributed by atoms with Crippen molar-refractivity contribution in [1.82, 2.24) is 15.3 Å². The number of fused-ring (bicyclic) bond motifs is 9. The molecule has 3 aliphatic rings. The summed E-state index contributed by atoms with van der Waals surface area (Å²) < 4.78 is 17.8. The molecule has 0 aliphatic carbocycles. The number of hydrogen-bond acceptors (Lipinski definition) is 8. The molecule has 9 nitrogen and oxygen atoms in total. The van der Waals surface area contributed by atoms with Gasteiger partial charge in [-0.2, -0.15) is 0 Å². The van der Waals surface area contributed by atoms with E-state index in [1.807, 2.05) is 24.3 Å². The number of rotatable bonds is 3. The minimum absolute atomic E-state index is 0.150. The van der Waals surface area contributed by atoms with Gasteiger partial charge in [0.25, 0.3) is 5.91 Å². The lowest BCUT2D eigenvalue weighted by Crippen LogP contribution is -2.24. The molecule has 1 fully saturated rings. The molecular weight excluding hydrogens is 470 g/mol. The van der Waals surface area contributed by atoms with Crippen molar-refractivity contribution in [3.05, 3.63) is 59.8 Å². The summed E-state index contributed by atoms with van der Waals surface area (Å²) in [4.78, 5) is 21.6. The van der Waals surface area contributed by atoms with E-state index in [2.05, 4.69) is 20.6 Å². The summed E-state index contributed by atoms with van der Waals surface area (Å²) in [6.07, 6.45) is 5.51. The number of anilines is 3. The second-order valence-electron chi connectivity index (χ2n) is 9.42. The van der Waals surface area contributed by atoms with Crippen molar-refractivity contribution in [3.8, 4) is 17.0 Å². The number of carbonyl (C=O) groups excluding carboxylic acids is 1. The van der Waals surface area contributed by atoms with E-state index in [4.69, 9.17) is 19.9 Å². The number of amides is 1. The highest BCUT2D eigenvalue weighted by molar-refractivity contribution is 5.96. The summed E-state index contributed by atoms with van der Waals surface area (Å²) in [5.41, 5.74) is 10.5. The van der Waals surface area contributed by atoms with Crippen LogP contribution in [0, 0.1) is 5.92 Å². The molecule has 37 heavy (non-hydrogen) atoms. The molecular formula is C28H33N5O4. The highest BCUT2D eigenvalue weighted by Gasteiger charge is 2.16. The van der Waals surface area contributed by atoms with Gasteiger partial charge in [-0.25, -0.2) is 9.97 Å². The quantitative estimate of drug-likeness (QED) is 0.452. The van der Waals surface area contributed by atoms with Gasteiger partial charge in [0.05, 0.1) is 25.5 Å². The molecule has 1 atom stereocenters. The van der Waals surface area contributed by atoms with Gasteiger partial charge >= 0.3 is 0 Å². The molecule has 6 rings (SSSR count). The van der Waals surface area contributed by atoms with Crippen LogP contribution in [0.3, 0.4) is 0 Å². The normalized spacial score (nSPS) is 18.6. The van der Waals surface area contributed by atoms with E-state index in [9.17, 15) is 4.79 Å². The van der Waals surface area contributed by atoms with E-state index in [0.717, 1.165) is 61.5 Å². The first-order chi connectivity index (χ1) is 18.2. The number of aromatic nitrogens is 2. The van der Waals surface area contributed by atoms with Gasteiger partial charge < -0.3 is 30.6 Å². The van der Waals surface area contributed by atoms with E-state index in [1.165, 1.54) is 0 Å². The third-order valence-electron chi connectivity index (χ3n) is 6.55. The molecule has 4 N–H and O–H groups in total. The summed E-state index contributed by atoms with van der Waals surface area (Å²) in [5.74, 6) is 1.49. The fourth-order valence-corrected chi connectivity index (χ4v) is 4.51. The van der Waals surface area contributed by atoms with E-state index in [1.54, 1.807) is 24.4 Å². The molecule has 194 valence electrons. The third-order valence-corrected chi connectivity index (χ3v) is 6.55. The lowest BCUT2D eigenvalue weighted by Gasteiger charge is -2.23. The molecule has 2 aromatic carbocycles. The zero-order valence-corrected chi connectivity index (χ0v) is 20.9. The zero-order valence-electron chi connectivity index (χ0n) is 20.9. The van der Waals surface area contributed by atoms with Gasteiger partial charge in [0.2, 0.25) is 5.95 Å². The largest absolute Gasteiger partial charge is 0.493 e. The first-order valence-corrected chi connectivity index (χ1v) is 12.8. The number of nitrogens with zero attached hydrogens (tertiary/aromatic N) is 2. The SMILES string of the molecule is Nc1cc2ccc1-c1ccnc(n1)Nc1ccc(OCC3CCCOC3)c(c1)COCCCCNC2=O. The summed E-state index contributed by atoms with van der Waals surface area (Å²) in [5, 5.41) is 6.24.